The molecule has 1 fully saturated rings. The van der Waals surface area contributed by atoms with Crippen molar-refractivity contribution >= 4 is 52.2 Å². The highest BCUT2D eigenvalue weighted by Crippen LogP contribution is 2.39. The van der Waals surface area contributed by atoms with Crippen LogP contribution in [0.5, 0.6) is 11.5 Å². The minimum absolute atomic E-state index is 0.0685. The van der Waals surface area contributed by atoms with Crippen molar-refractivity contribution in [3.8, 4) is 23.8 Å². The van der Waals surface area contributed by atoms with Gasteiger partial charge in [-0.2, -0.15) is 0 Å². The van der Waals surface area contributed by atoms with E-state index >= 15 is 0 Å². The number of hydrogen-bond acceptors (Lipinski definition) is 5. The van der Waals surface area contributed by atoms with Crippen LogP contribution in [-0.4, -0.2) is 29.7 Å². The van der Waals surface area contributed by atoms with Crippen molar-refractivity contribution in [2.75, 3.05) is 13.7 Å². The Kier molecular flexibility index (Phi) is 6.75. The standard InChI is InChI=1S/C21H15Cl2NO4S/c1-3-8-24-20(25)18(29-21(24)26)11-13-9-16(23)19(17(10-13)27-2)28-12-14-6-4-5-7-15(14)22/h1,4-7,9-11H,8,12H2,2H3/b18-11-. The molecule has 29 heavy (non-hydrogen) atoms. The summed E-state index contributed by atoms with van der Waals surface area (Å²) in [6.07, 6.45) is 6.77. The number of thioether (sulfide) groups is 1. The Morgan fingerprint density at radius 3 is 2.66 bits per heavy atom. The molecule has 0 atom stereocenters. The highest BCUT2D eigenvalue weighted by Gasteiger charge is 2.34. The Balaban J connectivity index is 1.85. The summed E-state index contributed by atoms with van der Waals surface area (Å²) in [7, 11) is 1.48. The van der Waals surface area contributed by atoms with E-state index in [1.54, 1.807) is 24.3 Å². The van der Waals surface area contributed by atoms with Gasteiger partial charge < -0.3 is 9.47 Å². The number of imide groups is 1. The predicted octanol–water partition coefficient (Wildman–Crippen LogP) is 5.25. The maximum Gasteiger partial charge on any atom is 0.294 e. The number of methoxy groups -OCH3 is 1. The second-order valence-corrected chi connectivity index (χ2v) is 7.69. The molecule has 3 rings (SSSR count). The van der Waals surface area contributed by atoms with E-state index in [-0.39, 0.29) is 18.1 Å². The normalized spacial score (nSPS) is 15.0. The summed E-state index contributed by atoms with van der Waals surface area (Å²) < 4.78 is 11.2. The zero-order valence-electron chi connectivity index (χ0n) is 15.3. The van der Waals surface area contributed by atoms with Gasteiger partial charge in [0.1, 0.15) is 6.61 Å². The Morgan fingerprint density at radius 1 is 1.21 bits per heavy atom. The molecule has 0 unspecified atom stereocenters. The first-order valence-corrected chi connectivity index (χ1v) is 9.94. The number of carbonyl (C=O) groups excluding carboxylic acids is 2. The third kappa shape index (κ3) is 4.70. The molecule has 0 spiro atoms. The van der Waals surface area contributed by atoms with Gasteiger partial charge in [0.2, 0.25) is 0 Å². The lowest BCUT2D eigenvalue weighted by Gasteiger charge is -2.14. The van der Waals surface area contributed by atoms with Gasteiger partial charge in [0.25, 0.3) is 11.1 Å². The Labute approximate surface area is 182 Å². The SMILES string of the molecule is C#CCN1C(=O)S/C(=C\c2cc(Cl)c(OCc3ccccc3Cl)c(OC)c2)C1=O. The van der Waals surface area contributed by atoms with E-state index in [9.17, 15) is 9.59 Å². The van der Waals surface area contributed by atoms with Gasteiger partial charge in [-0.25, -0.2) is 0 Å². The molecule has 2 aromatic carbocycles. The van der Waals surface area contributed by atoms with Crippen molar-refractivity contribution < 1.29 is 19.1 Å². The lowest BCUT2D eigenvalue weighted by atomic mass is 10.1. The summed E-state index contributed by atoms with van der Waals surface area (Å²) in [5, 5.41) is 0.476. The second-order valence-electron chi connectivity index (χ2n) is 5.89. The molecule has 1 aliphatic rings. The number of rotatable bonds is 6. The highest BCUT2D eigenvalue weighted by molar-refractivity contribution is 8.18. The molecule has 148 valence electrons. The molecule has 2 aromatic rings. The third-order valence-electron chi connectivity index (χ3n) is 4.00. The third-order valence-corrected chi connectivity index (χ3v) is 5.56. The van der Waals surface area contributed by atoms with Crippen LogP contribution >= 0.6 is 35.0 Å². The number of amides is 2. The lowest BCUT2D eigenvalue weighted by molar-refractivity contribution is -0.122. The molecule has 2 amide bonds. The fourth-order valence-electron chi connectivity index (χ4n) is 2.61. The molecule has 8 heteroatoms. The fourth-order valence-corrected chi connectivity index (χ4v) is 3.91. The van der Waals surface area contributed by atoms with Crippen LogP contribution in [0.1, 0.15) is 11.1 Å². The number of benzene rings is 2. The number of terminal acetylenes is 1. The first kappa shape index (κ1) is 21.1. The van der Waals surface area contributed by atoms with Gasteiger partial charge in [0, 0.05) is 10.6 Å². The van der Waals surface area contributed by atoms with E-state index in [2.05, 4.69) is 5.92 Å². The largest absolute Gasteiger partial charge is 0.493 e. The van der Waals surface area contributed by atoms with Crippen LogP contribution in [0.2, 0.25) is 10.0 Å². The van der Waals surface area contributed by atoms with Gasteiger partial charge in [0.15, 0.2) is 11.5 Å². The van der Waals surface area contributed by atoms with Gasteiger partial charge in [-0.1, -0.05) is 47.3 Å². The van der Waals surface area contributed by atoms with Crippen molar-refractivity contribution in [3.05, 3.63) is 62.5 Å². The van der Waals surface area contributed by atoms with Crippen LogP contribution in [0.25, 0.3) is 6.08 Å². The number of hydrogen-bond donors (Lipinski definition) is 0. The monoisotopic (exact) mass is 447 g/mol. The Bertz CT molecular complexity index is 1050. The topological polar surface area (TPSA) is 55.8 Å². The zero-order chi connectivity index (χ0) is 21.0. The van der Waals surface area contributed by atoms with Crippen molar-refractivity contribution in [3.63, 3.8) is 0 Å². The molecular formula is C21H15Cl2NO4S. The van der Waals surface area contributed by atoms with E-state index in [0.29, 0.717) is 27.1 Å². The minimum Gasteiger partial charge on any atom is -0.493 e. The Morgan fingerprint density at radius 2 is 1.97 bits per heavy atom. The van der Waals surface area contributed by atoms with Crippen LogP contribution in [0.3, 0.4) is 0 Å². The van der Waals surface area contributed by atoms with E-state index in [4.69, 9.17) is 39.1 Å². The average Bonchev–Trinajstić information content (AvgIpc) is 2.95. The summed E-state index contributed by atoms with van der Waals surface area (Å²) in [6.45, 7) is 0.140. The highest BCUT2D eigenvalue weighted by atomic mass is 35.5. The number of ether oxygens (including phenoxy) is 2. The first-order valence-electron chi connectivity index (χ1n) is 8.37. The molecule has 0 aromatic heterocycles. The summed E-state index contributed by atoms with van der Waals surface area (Å²) in [5.74, 6) is 2.60. The molecule has 0 N–H and O–H groups in total. The molecule has 1 aliphatic heterocycles. The van der Waals surface area contributed by atoms with Crippen LogP contribution in [-0.2, 0) is 11.4 Å². The number of nitrogens with zero attached hydrogens (tertiary/aromatic N) is 1. The quantitative estimate of drug-likeness (QED) is 0.446. The maximum absolute atomic E-state index is 12.3. The summed E-state index contributed by atoms with van der Waals surface area (Å²) in [4.78, 5) is 25.5. The molecule has 1 heterocycles. The van der Waals surface area contributed by atoms with Gasteiger partial charge in [0.05, 0.1) is 23.6 Å². The van der Waals surface area contributed by atoms with E-state index in [1.807, 2.05) is 18.2 Å². The van der Waals surface area contributed by atoms with E-state index in [0.717, 1.165) is 22.2 Å². The van der Waals surface area contributed by atoms with Crippen LogP contribution < -0.4 is 9.47 Å². The number of carbonyl (C=O) groups is 2. The molecule has 0 radical (unpaired) electrons. The van der Waals surface area contributed by atoms with Gasteiger partial charge in [-0.3, -0.25) is 14.5 Å². The smallest absolute Gasteiger partial charge is 0.294 e. The molecule has 0 aliphatic carbocycles. The van der Waals surface area contributed by atoms with Crippen LogP contribution in [0.4, 0.5) is 4.79 Å². The minimum atomic E-state index is -0.438. The summed E-state index contributed by atoms with van der Waals surface area (Å²) >= 11 is 13.4. The van der Waals surface area contributed by atoms with Crippen molar-refractivity contribution in [2.45, 2.75) is 6.61 Å². The molecule has 5 nitrogen and oxygen atoms in total. The van der Waals surface area contributed by atoms with Crippen molar-refractivity contribution in [1.29, 1.82) is 0 Å². The first-order chi connectivity index (χ1) is 13.9. The second kappa shape index (κ2) is 9.27. The fraction of sp³-hybridized carbons (Fsp3) is 0.143. The number of halogens is 2. The molecular weight excluding hydrogens is 433 g/mol. The summed E-state index contributed by atoms with van der Waals surface area (Å²) in [5.41, 5.74) is 1.39. The van der Waals surface area contributed by atoms with Crippen LogP contribution in [0.15, 0.2) is 41.3 Å². The molecule has 0 bridgehead atoms. The van der Waals surface area contributed by atoms with Crippen molar-refractivity contribution in [1.82, 2.24) is 4.90 Å². The van der Waals surface area contributed by atoms with Gasteiger partial charge in [-0.15, -0.1) is 6.42 Å². The van der Waals surface area contributed by atoms with Gasteiger partial charge >= 0.3 is 0 Å². The lowest BCUT2D eigenvalue weighted by Crippen LogP contribution is -2.28. The average molecular weight is 448 g/mol. The van der Waals surface area contributed by atoms with Gasteiger partial charge in [-0.05, 0) is 41.6 Å². The maximum atomic E-state index is 12.3. The molecule has 1 saturated heterocycles. The molecule has 0 saturated carbocycles. The zero-order valence-corrected chi connectivity index (χ0v) is 17.6. The van der Waals surface area contributed by atoms with Crippen molar-refractivity contribution in [2.24, 2.45) is 0 Å². The van der Waals surface area contributed by atoms with E-state index in [1.165, 1.54) is 7.11 Å². The predicted molar refractivity (Wildman–Crippen MR) is 115 cm³/mol. The van der Waals surface area contributed by atoms with Crippen LogP contribution in [0, 0.1) is 12.3 Å². The Hall–Kier alpha value is -2.59. The summed E-state index contributed by atoms with van der Waals surface area (Å²) in [6, 6.07) is 10.6. The van der Waals surface area contributed by atoms with E-state index < -0.39 is 11.1 Å².